The van der Waals surface area contributed by atoms with Crippen LogP contribution in [0.15, 0.2) is 12.1 Å². The average molecular weight is 218 g/mol. The third kappa shape index (κ3) is 2.30. The van der Waals surface area contributed by atoms with Gasteiger partial charge in [-0.15, -0.1) is 0 Å². The predicted molar refractivity (Wildman–Crippen MR) is 67.9 cm³/mol. The molecule has 1 aromatic rings. The zero-order chi connectivity index (χ0) is 11.7. The molecule has 2 unspecified atom stereocenters. The molecule has 0 aliphatic heterocycles. The van der Waals surface area contributed by atoms with E-state index in [1.165, 1.54) is 28.7 Å². The standard InChI is InChI=1S/C15H22O/c1-10-7-12(3)15(8-11(10)2)13-5-4-6-14(16)9-13/h7-8,13-14,16H,4-6,9H2,1-3H3. The predicted octanol–water partition coefficient (Wildman–Crippen LogP) is 3.63. The Bertz CT molecular complexity index is 381. The maximum absolute atomic E-state index is 9.76. The third-order valence-corrected chi connectivity index (χ3v) is 3.97. The number of benzene rings is 1. The molecule has 1 saturated carbocycles. The van der Waals surface area contributed by atoms with Crippen LogP contribution in [-0.4, -0.2) is 11.2 Å². The highest BCUT2D eigenvalue weighted by Crippen LogP contribution is 2.35. The second kappa shape index (κ2) is 4.58. The highest BCUT2D eigenvalue weighted by Gasteiger charge is 2.22. The largest absolute Gasteiger partial charge is 0.393 e. The van der Waals surface area contributed by atoms with Gasteiger partial charge < -0.3 is 5.11 Å². The van der Waals surface area contributed by atoms with E-state index in [2.05, 4.69) is 32.9 Å². The first-order valence-corrected chi connectivity index (χ1v) is 6.33. The zero-order valence-electron chi connectivity index (χ0n) is 10.6. The summed E-state index contributed by atoms with van der Waals surface area (Å²) in [7, 11) is 0. The lowest BCUT2D eigenvalue weighted by molar-refractivity contribution is 0.119. The average Bonchev–Trinajstić information content (AvgIpc) is 2.23. The molecule has 1 aliphatic carbocycles. The molecule has 0 amide bonds. The Morgan fingerprint density at radius 1 is 1.00 bits per heavy atom. The van der Waals surface area contributed by atoms with Crippen molar-refractivity contribution in [2.45, 2.75) is 58.5 Å². The summed E-state index contributed by atoms with van der Waals surface area (Å²) in [4.78, 5) is 0. The Labute approximate surface area is 98.5 Å². The lowest BCUT2D eigenvalue weighted by atomic mass is 9.80. The van der Waals surface area contributed by atoms with Gasteiger partial charge in [-0.25, -0.2) is 0 Å². The summed E-state index contributed by atoms with van der Waals surface area (Å²) >= 11 is 0. The molecule has 88 valence electrons. The van der Waals surface area contributed by atoms with Crippen LogP contribution in [0, 0.1) is 20.8 Å². The van der Waals surface area contributed by atoms with Gasteiger partial charge in [-0.2, -0.15) is 0 Å². The molecular formula is C15H22O. The van der Waals surface area contributed by atoms with E-state index in [0.717, 1.165) is 19.3 Å². The molecule has 1 fully saturated rings. The minimum atomic E-state index is -0.0836. The van der Waals surface area contributed by atoms with Crippen molar-refractivity contribution in [2.24, 2.45) is 0 Å². The molecule has 1 nitrogen and oxygen atoms in total. The Hall–Kier alpha value is -0.820. The smallest absolute Gasteiger partial charge is 0.0546 e. The Kier molecular flexibility index (Phi) is 3.34. The minimum Gasteiger partial charge on any atom is -0.393 e. The second-order valence-electron chi connectivity index (χ2n) is 5.31. The van der Waals surface area contributed by atoms with Gasteiger partial charge in [-0.05, 0) is 68.2 Å². The van der Waals surface area contributed by atoms with Gasteiger partial charge in [0.15, 0.2) is 0 Å². The van der Waals surface area contributed by atoms with Crippen LogP contribution in [0.1, 0.15) is 53.9 Å². The Balaban J connectivity index is 2.29. The van der Waals surface area contributed by atoms with E-state index < -0.39 is 0 Å². The quantitative estimate of drug-likeness (QED) is 0.763. The van der Waals surface area contributed by atoms with Gasteiger partial charge in [0.1, 0.15) is 0 Å². The van der Waals surface area contributed by atoms with Crippen molar-refractivity contribution in [3.05, 3.63) is 34.4 Å². The van der Waals surface area contributed by atoms with Crippen molar-refractivity contribution in [1.82, 2.24) is 0 Å². The summed E-state index contributed by atoms with van der Waals surface area (Å²) in [5.41, 5.74) is 5.60. The number of aliphatic hydroxyl groups excluding tert-OH is 1. The van der Waals surface area contributed by atoms with E-state index in [1.807, 2.05) is 0 Å². The van der Waals surface area contributed by atoms with Crippen LogP contribution in [-0.2, 0) is 0 Å². The topological polar surface area (TPSA) is 20.2 Å². The Morgan fingerprint density at radius 3 is 2.38 bits per heavy atom. The van der Waals surface area contributed by atoms with Gasteiger partial charge in [0, 0.05) is 0 Å². The number of hydrogen-bond donors (Lipinski definition) is 1. The van der Waals surface area contributed by atoms with Crippen molar-refractivity contribution >= 4 is 0 Å². The first-order chi connectivity index (χ1) is 7.58. The molecule has 16 heavy (non-hydrogen) atoms. The molecular weight excluding hydrogens is 196 g/mol. The number of aliphatic hydroxyl groups is 1. The molecule has 0 spiro atoms. The SMILES string of the molecule is Cc1cc(C)c(C2CCCC(O)C2)cc1C. The fourth-order valence-corrected chi connectivity index (χ4v) is 2.87. The molecule has 0 aromatic heterocycles. The van der Waals surface area contributed by atoms with Crippen LogP contribution < -0.4 is 0 Å². The molecule has 1 aromatic carbocycles. The fraction of sp³-hybridized carbons (Fsp3) is 0.600. The molecule has 1 N–H and O–H groups in total. The molecule has 0 radical (unpaired) electrons. The van der Waals surface area contributed by atoms with Crippen LogP contribution >= 0.6 is 0 Å². The monoisotopic (exact) mass is 218 g/mol. The van der Waals surface area contributed by atoms with Gasteiger partial charge in [-0.1, -0.05) is 18.6 Å². The van der Waals surface area contributed by atoms with Crippen LogP contribution in [0.4, 0.5) is 0 Å². The van der Waals surface area contributed by atoms with Crippen LogP contribution in [0.5, 0.6) is 0 Å². The van der Waals surface area contributed by atoms with Gasteiger partial charge in [0.2, 0.25) is 0 Å². The van der Waals surface area contributed by atoms with E-state index in [9.17, 15) is 5.11 Å². The van der Waals surface area contributed by atoms with E-state index in [-0.39, 0.29) is 6.10 Å². The molecule has 1 aliphatic rings. The summed E-state index contributed by atoms with van der Waals surface area (Å²) in [5.74, 6) is 0.572. The Morgan fingerprint density at radius 2 is 1.69 bits per heavy atom. The van der Waals surface area contributed by atoms with E-state index in [1.54, 1.807) is 0 Å². The third-order valence-electron chi connectivity index (χ3n) is 3.97. The van der Waals surface area contributed by atoms with Crippen molar-refractivity contribution in [1.29, 1.82) is 0 Å². The van der Waals surface area contributed by atoms with Crippen LogP contribution in [0.3, 0.4) is 0 Å². The lowest BCUT2D eigenvalue weighted by Gasteiger charge is -2.28. The van der Waals surface area contributed by atoms with Crippen LogP contribution in [0.2, 0.25) is 0 Å². The van der Waals surface area contributed by atoms with Crippen molar-refractivity contribution in [3.8, 4) is 0 Å². The van der Waals surface area contributed by atoms with Crippen molar-refractivity contribution in [2.75, 3.05) is 0 Å². The summed E-state index contributed by atoms with van der Waals surface area (Å²) in [6.07, 6.45) is 4.25. The summed E-state index contributed by atoms with van der Waals surface area (Å²) < 4.78 is 0. The molecule has 0 saturated heterocycles. The lowest BCUT2D eigenvalue weighted by Crippen LogP contribution is -2.18. The zero-order valence-corrected chi connectivity index (χ0v) is 10.6. The first kappa shape index (κ1) is 11.7. The minimum absolute atomic E-state index is 0.0836. The number of aryl methyl sites for hydroxylation is 3. The van der Waals surface area contributed by atoms with Gasteiger partial charge in [0.25, 0.3) is 0 Å². The highest BCUT2D eigenvalue weighted by molar-refractivity contribution is 5.38. The molecule has 2 atom stereocenters. The van der Waals surface area contributed by atoms with Gasteiger partial charge >= 0.3 is 0 Å². The maximum atomic E-state index is 9.76. The number of rotatable bonds is 1. The normalized spacial score (nSPS) is 25.8. The summed E-state index contributed by atoms with van der Waals surface area (Å²) in [6, 6.07) is 4.61. The van der Waals surface area contributed by atoms with Gasteiger partial charge in [-0.3, -0.25) is 0 Å². The van der Waals surface area contributed by atoms with E-state index in [0.29, 0.717) is 5.92 Å². The maximum Gasteiger partial charge on any atom is 0.0546 e. The van der Waals surface area contributed by atoms with E-state index >= 15 is 0 Å². The molecule has 0 heterocycles. The highest BCUT2D eigenvalue weighted by atomic mass is 16.3. The summed E-state index contributed by atoms with van der Waals surface area (Å²) in [6.45, 7) is 6.54. The number of hydrogen-bond acceptors (Lipinski definition) is 1. The van der Waals surface area contributed by atoms with Crippen molar-refractivity contribution in [3.63, 3.8) is 0 Å². The fourth-order valence-electron chi connectivity index (χ4n) is 2.87. The molecule has 2 rings (SSSR count). The first-order valence-electron chi connectivity index (χ1n) is 6.33. The molecule has 0 bridgehead atoms. The summed E-state index contributed by atoms with van der Waals surface area (Å²) in [5, 5.41) is 9.76. The molecule has 1 heteroatoms. The van der Waals surface area contributed by atoms with Gasteiger partial charge in [0.05, 0.1) is 6.10 Å². The van der Waals surface area contributed by atoms with E-state index in [4.69, 9.17) is 0 Å². The van der Waals surface area contributed by atoms with Crippen LogP contribution in [0.25, 0.3) is 0 Å². The van der Waals surface area contributed by atoms with Crippen molar-refractivity contribution < 1.29 is 5.11 Å². The second-order valence-corrected chi connectivity index (χ2v) is 5.31.